The molecule has 0 amide bonds. The summed E-state index contributed by atoms with van der Waals surface area (Å²) in [5, 5.41) is 11.7. The highest BCUT2D eigenvalue weighted by atomic mass is 35.5. The first-order chi connectivity index (χ1) is 15.0. The topological polar surface area (TPSA) is 20.2 Å². The van der Waals surface area contributed by atoms with E-state index >= 15 is 0 Å². The third kappa shape index (κ3) is 8.22. The van der Waals surface area contributed by atoms with Gasteiger partial charge in [0, 0.05) is 5.38 Å². The summed E-state index contributed by atoms with van der Waals surface area (Å²) in [7, 11) is 0. The zero-order valence-corrected chi connectivity index (χ0v) is 21.2. The average Bonchev–Trinajstić information content (AvgIpc) is 3.03. The van der Waals surface area contributed by atoms with E-state index in [4.69, 9.17) is 11.6 Å². The molecular formula is C29H49ClO. The number of rotatable bonds is 10. The van der Waals surface area contributed by atoms with Gasteiger partial charge in [0.15, 0.2) is 0 Å². The summed E-state index contributed by atoms with van der Waals surface area (Å²) in [6.07, 6.45) is 27.6. The molecule has 0 bridgehead atoms. The summed E-state index contributed by atoms with van der Waals surface area (Å²) in [5.74, 6) is 3.16. The number of halogens is 1. The van der Waals surface area contributed by atoms with Crippen molar-refractivity contribution in [2.24, 2.45) is 29.6 Å². The molecule has 6 atom stereocenters. The van der Waals surface area contributed by atoms with Crippen LogP contribution in [-0.2, 0) is 0 Å². The molecule has 0 aromatic heterocycles. The van der Waals surface area contributed by atoms with Gasteiger partial charge in [0.1, 0.15) is 0 Å². The molecule has 3 unspecified atom stereocenters. The van der Waals surface area contributed by atoms with Gasteiger partial charge in [-0.3, -0.25) is 0 Å². The summed E-state index contributed by atoms with van der Waals surface area (Å²) in [6, 6.07) is 0. The minimum Gasteiger partial charge on any atom is -0.393 e. The van der Waals surface area contributed by atoms with E-state index in [1.54, 1.807) is 5.57 Å². The number of unbranched alkanes of at least 4 members (excludes halogenated alkanes) is 2. The molecule has 3 rings (SSSR count). The van der Waals surface area contributed by atoms with E-state index in [0.29, 0.717) is 23.1 Å². The van der Waals surface area contributed by atoms with Crippen molar-refractivity contribution in [3.8, 4) is 0 Å². The van der Waals surface area contributed by atoms with E-state index in [1.807, 2.05) is 0 Å². The summed E-state index contributed by atoms with van der Waals surface area (Å²) >= 11 is 6.30. The predicted octanol–water partition coefficient (Wildman–Crippen LogP) is 8.84. The third-order valence-electron chi connectivity index (χ3n) is 8.66. The normalized spacial score (nSPS) is 31.8. The Labute approximate surface area is 198 Å². The lowest BCUT2D eigenvalue weighted by molar-refractivity contribution is 0.0181. The van der Waals surface area contributed by atoms with E-state index in [9.17, 15) is 5.11 Å². The standard InChI is InChI=1S/C29H49ClO/c1-22(2)28(15-8-4-7-12-23-10-5-3-6-11-23)29(31)26-14-9-13-24(16-17-26)25-18-20-27(30)21-19-25/h5,10,18,22-24,26-29,31H,3-4,6-9,11-17,19-21H2,1-2H3/t23?,24?,26-,27?,28+,29-/m0/s1. The second-order valence-electron chi connectivity index (χ2n) is 11.3. The lowest BCUT2D eigenvalue weighted by Gasteiger charge is -2.32. The maximum Gasteiger partial charge on any atom is 0.0598 e. The highest BCUT2D eigenvalue weighted by molar-refractivity contribution is 6.20. The molecule has 3 aliphatic rings. The monoisotopic (exact) mass is 448 g/mol. The van der Waals surface area contributed by atoms with Crippen LogP contribution in [0.2, 0.25) is 0 Å². The lowest BCUT2D eigenvalue weighted by atomic mass is 9.77. The second-order valence-corrected chi connectivity index (χ2v) is 11.9. The van der Waals surface area contributed by atoms with Gasteiger partial charge < -0.3 is 5.11 Å². The van der Waals surface area contributed by atoms with Gasteiger partial charge in [-0.1, -0.05) is 63.3 Å². The fraction of sp³-hybridized carbons (Fsp3) is 0.862. The van der Waals surface area contributed by atoms with Crippen molar-refractivity contribution in [1.29, 1.82) is 0 Å². The van der Waals surface area contributed by atoms with Crippen molar-refractivity contribution in [3.05, 3.63) is 23.8 Å². The third-order valence-corrected chi connectivity index (χ3v) is 9.06. The van der Waals surface area contributed by atoms with Crippen LogP contribution < -0.4 is 0 Å². The van der Waals surface area contributed by atoms with Crippen molar-refractivity contribution in [1.82, 2.24) is 0 Å². The van der Waals surface area contributed by atoms with Crippen LogP contribution >= 0.6 is 11.6 Å². The molecule has 0 aliphatic heterocycles. The van der Waals surface area contributed by atoms with Gasteiger partial charge >= 0.3 is 0 Å². The summed E-state index contributed by atoms with van der Waals surface area (Å²) in [5.41, 5.74) is 1.68. The Morgan fingerprint density at radius 1 is 1.00 bits per heavy atom. The number of aliphatic hydroxyl groups excluding tert-OH is 1. The molecule has 1 nitrogen and oxygen atoms in total. The van der Waals surface area contributed by atoms with Crippen molar-refractivity contribution < 1.29 is 5.11 Å². The van der Waals surface area contributed by atoms with Gasteiger partial charge in [0.2, 0.25) is 0 Å². The zero-order valence-electron chi connectivity index (χ0n) is 20.4. The molecule has 0 saturated heterocycles. The first kappa shape index (κ1) is 25.4. The Kier molecular flexibility index (Phi) is 11.0. The largest absolute Gasteiger partial charge is 0.393 e. The van der Waals surface area contributed by atoms with Crippen LogP contribution in [0.4, 0.5) is 0 Å². The molecule has 1 fully saturated rings. The Morgan fingerprint density at radius 2 is 1.87 bits per heavy atom. The molecule has 0 spiro atoms. The van der Waals surface area contributed by atoms with Crippen molar-refractivity contribution in [2.75, 3.05) is 0 Å². The summed E-state index contributed by atoms with van der Waals surface area (Å²) < 4.78 is 0. The fourth-order valence-electron chi connectivity index (χ4n) is 6.57. The maximum absolute atomic E-state index is 11.4. The Morgan fingerprint density at radius 3 is 2.58 bits per heavy atom. The van der Waals surface area contributed by atoms with Gasteiger partial charge in [0.05, 0.1) is 6.10 Å². The maximum atomic E-state index is 11.4. The van der Waals surface area contributed by atoms with Gasteiger partial charge in [-0.05, 0) is 107 Å². The molecule has 178 valence electrons. The average molecular weight is 449 g/mol. The number of aliphatic hydroxyl groups is 1. The van der Waals surface area contributed by atoms with Crippen LogP contribution in [0.15, 0.2) is 23.8 Å². The minimum absolute atomic E-state index is 0.104. The Bertz CT molecular complexity index is 565. The molecule has 31 heavy (non-hydrogen) atoms. The smallest absolute Gasteiger partial charge is 0.0598 e. The number of allylic oxidation sites excluding steroid dienone is 4. The lowest BCUT2D eigenvalue weighted by Crippen LogP contribution is -2.32. The van der Waals surface area contributed by atoms with Crippen LogP contribution in [0.1, 0.15) is 117 Å². The molecule has 0 aromatic carbocycles. The van der Waals surface area contributed by atoms with E-state index in [-0.39, 0.29) is 6.10 Å². The van der Waals surface area contributed by atoms with E-state index in [2.05, 4.69) is 32.1 Å². The molecule has 0 aromatic rings. The quantitative estimate of drug-likeness (QED) is 0.153. The van der Waals surface area contributed by atoms with E-state index in [0.717, 1.165) is 24.7 Å². The van der Waals surface area contributed by atoms with Gasteiger partial charge in [-0.15, -0.1) is 11.6 Å². The zero-order chi connectivity index (χ0) is 22.1. The number of alkyl halides is 1. The van der Waals surface area contributed by atoms with Crippen LogP contribution in [0.5, 0.6) is 0 Å². The van der Waals surface area contributed by atoms with E-state index < -0.39 is 0 Å². The first-order valence-electron chi connectivity index (χ1n) is 13.7. The molecule has 3 aliphatic carbocycles. The highest BCUT2D eigenvalue weighted by Crippen LogP contribution is 2.40. The number of hydrogen-bond acceptors (Lipinski definition) is 1. The van der Waals surface area contributed by atoms with Crippen molar-refractivity contribution in [2.45, 2.75) is 128 Å². The molecule has 1 N–H and O–H groups in total. The van der Waals surface area contributed by atoms with Crippen LogP contribution in [0, 0.1) is 29.6 Å². The van der Waals surface area contributed by atoms with Crippen LogP contribution in [0.3, 0.4) is 0 Å². The SMILES string of the molecule is CC(C)[C@@H](CCCCCC1C=CCCC1)[C@@H](O)[C@H]1CCCC(C2=CCC(Cl)CC2)CC1. The van der Waals surface area contributed by atoms with Gasteiger partial charge in [0.25, 0.3) is 0 Å². The van der Waals surface area contributed by atoms with Crippen LogP contribution in [-0.4, -0.2) is 16.6 Å². The van der Waals surface area contributed by atoms with Gasteiger partial charge in [-0.2, -0.15) is 0 Å². The summed E-state index contributed by atoms with van der Waals surface area (Å²) in [6.45, 7) is 4.66. The molecule has 0 radical (unpaired) electrons. The van der Waals surface area contributed by atoms with Gasteiger partial charge in [-0.25, -0.2) is 0 Å². The fourth-order valence-corrected chi connectivity index (χ4v) is 6.77. The molecule has 2 heteroatoms. The Hall–Kier alpha value is -0.270. The first-order valence-corrected chi connectivity index (χ1v) is 14.2. The molecule has 1 saturated carbocycles. The molecule has 0 heterocycles. The molecular weight excluding hydrogens is 400 g/mol. The van der Waals surface area contributed by atoms with Crippen LogP contribution in [0.25, 0.3) is 0 Å². The predicted molar refractivity (Wildman–Crippen MR) is 136 cm³/mol. The van der Waals surface area contributed by atoms with Crippen molar-refractivity contribution in [3.63, 3.8) is 0 Å². The summed E-state index contributed by atoms with van der Waals surface area (Å²) in [4.78, 5) is 0. The second kappa shape index (κ2) is 13.4. The minimum atomic E-state index is -0.104. The van der Waals surface area contributed by atoms with E-state index in [1.165, 1.54) is 89.9 Å². The number of hydrogen-bond donors (Lipinski definition) is 1. The Balaban J connectivity index is 1.41. The highest BCUT2D eigenvalue weighted by Gasteiger charge is 2.32. The van der Waals surface area contributed by atoms with Crippen molar-refractivity contribution >= 4 is 11.6 Å².